The average molecular weight is 466 g/mol. The van der Waals surface area contributed by atoms with Gasteiger partial charge in [0.2, 0.25) is 16.0 Å². The Bertz CT molecular complexity index is 918. The van der Waals surface area contributed by atoms with E-state index >= 15 is 0 Å². The number of halogens is 1. The normalized spacial score (nSPS) is 19.8. The second-order valence-electron chi connectivity index (χ2n) is 6.05. The molecule has 3 N–H and O–H groups in total. The fraction of sp³-hybridized carbons (Fsp3) is 0.529. The van der Waals surface area contributed by atoms with Crippen molar-refractivity contribution in [2.75, 3.05) is 6.54 Å². The molecule has 1 aromatic rings. The minimum absolute atomic E-state index is 0.00792. The number of aliphatic imine (C=N–C) groups is 1. The third-order valence-electron chi connectivity index (χ3n) is 4.19. The average Bonchev–Trinajstić information content (AvgIpc) is 3.13. The summed E-state index contributed by atoms with van der Waals surface area (Å²) in [5, 5.41) is 9.98. The molecule has 2 unspecified atom stereocenters. The molecule has 29 heavy (non-hydrogen) atoms. The van der Waals surface area contributed by atoms with Crippen LogP contribution in [0.25, 0.3) is 0 Å². The SMILES string of the molecule is C=NN(CC)C(=NC1CCC(S(N)(=O)=O)C1)NS(=O)(=O)c1ccc(Cl)cc1.CC. The van der Waals surface area contributed by atoms with Gasteiger partial charge >= 0.3 is 0 Å². The van der Waals surface area contributed by atoms with Gasteiger partial charge in [-0.05, 0) is 50.5 Å². The van der Waals surface area contributed by atoms with Gasteiger partial charge in [-0.2, -0.15) is 5.10 Å². The molecule has 1 aliphatic carbocycles. The fourth-order valence-corrected chi connectivity index (χ4v) is 4.85. The van der Waals surface area contributed by atoms with E-state index in [9.17, 15) is 16.8 Å². The first kappa shape index (κ1) is 25.3. The van der Waals surface area contributed by atoms with Crippen molar-refractivity contribution in [3.63, 3.8) is 0 Å². The molecule has 1 saturated carbocycles. The third kappa shape index (κ3) is 7.25. The van der Waals surface area contributed by atoms with Crippen molar-refractivity contribution in [1.29, 1.82) is 0 Å². The summed E-state index contributed by atoms with van der Waals surface area (Å²) in [6.45, 7) is 9.49. The number of nitrogens with two attached hydrogens (primary N) is 1. The Morgan fingerprint density at radius 2 is 1.83 bits per heavy atom. The molecular weight excluding hydrogens is 438 g/mol. The van der Waals surface area contributed by atoms with Crippen LogP contribution in [0.1, 0.15) is 40.0 Å². The Balaban J connectivity index is 0.00000204. The van der Waals surface area contributed by atoms with Crippen molar-refractivity contribution >= 4 is 44.3 Å². The zero-order chi connectivity index (χ0) is 22.2. The van der Waals surface area contributed by atoms with Gasteiger partial charge in [-0.3, -0.25) is 0 Å². The molecule has 0 radical (unpaired) electrons. The highest BCUT2D eigenvalue weighted by molar-refractivity contribution is 7.90. The molecule has 0 aromatic heterocycles. The molecule has 0 heterocycles. The molecule has 12 heteroatoms. The van der Waals surface area contributed by atoms with Crippen LogP contribution in [0, 0.1) is 0 Å². The molecule has 0 amide bonds. The lowest BCUT2D eigenvalue weighted by Gasteiger charge is -2.21. The maximum Gasteiger partial charge on any atom is 0.264 e. The molecule has 1 fully saturated rings. The molecule has 0 spiro atoms. The summed E-state index contributed by atoms with van der Waals surface area (Å²) in [6, 6.07) is 5.26. The van der Waals surface area contributed by atoms with Crippen molar-refractivity contribution in [2.24, 2.45) is 15.2 Å². The number of hydrazone groups is 1. The van der Waals surface area contributed by atoms with Crippen LogP contribution >= 0.6 is 11.6 Å². The van der Waals surface area contributed by atoms with E-state index in [0.717, 1.165) is 0 Å². The smallest absolute Gasteiger partial charge is 0.248 e. The Hall–Kier alpha value is -1.69. The number of rotatable bonds is 6. The maximum absolute atomic E-state index is 12.6. The van der Waals surface area contributed by atoms with Crippen LogP contribution in [0.15, 0.2) is 39.3 Å². The summed E-state index contributed by atoms with van der Waals surface area (Å²) in [6.07, 6.45) is 1.07. The van der Waals surface area contributed by atoms with Crippen molar-refractivity contribution in [3.8, 4) is 0 Å². The van der Waals surface area contributed by atoms with E-state index in [1.165, 1.54) is 29.3 Å². The van der Waals surface area contributed by atoms with Gasteiger partial charge in [0.15, 0.2) is 0 Å². The first-order valence-electron chi connectivity index (χ1n) is 9.18. The van der Waals surface area contributed by atoms with Gasteiger partial charge in [-0.15, -0.1) is 0 Å². The summed E-state index contributed by atoms with van der Waals surface area (Å²) < 4.78 is 50.7. The fourth-order valence-electron chi connectivity index (χ4n) is 2.76. The minimum atomic E-state index is -3.94. The van der Waals surface area contributed by atoms with Crippen LogP contribution in [0.5, 0.6) is 0 Å². The molecule has 9 nitrogen and oxygen atoms in total. The van der Waals surface area contributed by atoms with Crippen LogP contribution in [-0.4, -0.2) is 52.4 Å². The van der Waals surface area contributed by atoms with E-state index in [-0.39, 0.29) is 17.3 Å². The lowest BCUT2D eigenvalue weighted by atomic mass is 10.3. The maximum atomic E-state index is 12.6. The largest absolute Gasteiger partial charge is 0.264 e. The van der Waals surface area contributed by atoms with E-state index < -0.39 is 31.3 Å². The van der Waals surface area contributed by atoms with Gasteiger partial charge in [-0.1, -0.05) is 25.4 Å². The number of benzene rings is 1. The summed E-state index contributed by atoms with van der Waals surface area (Å²) >= 11 is 5.80. The molecule has 1 aliphatic rings. The lowest BCUT2D eigenvalue weighted by molar-refractivity contribution is 0.455. The highest BCUT2D eigenvalue weighted by atomic mass is 35.5. The monoisotopic (exact) mass is 465 g/mol. The van der Waals surface area contributed by atoms with Gasteiger partial charge in [0.1, 0.15) is 0 Å². The van der Waals surface area contributed by atoms with Crippen molar-refractivity contribution in [2.45, 2.75) is 56.2 Å². The van der Waals surface area contributed by atoms with Crippen molar-refractivity contribution in [1.82, 2.24) is 9.73 Å². The van der Waals surface area contributed by atoms with E-state index in [4.69, 9.17) is 16.7 Å². The molecule has 0 saturated heterocycles. The van der Waals surface area contributed by atoms with Gasteiger partial charge in [-0.25, -0.2) is 36.7 Å². The van der Waals surface area contributed by atoms with E-state index in [1.54, 1.807) is 6.92 Å². The Labute approximate surface area is 178 Å². The number of nitrogens with zero attached hydrogens (tertiary/aromatic N) is 3. The Morgan fingerprint density at radius 1 is 1.24 bits per heavy atom. The van der Waals surface area contributed by atoms with Gasteiger partial charge in [0, 0.05) is 18.3 Å². The number of hydrogen-bond donors (Lipinski definition) is 2. The number of sulfonamides is 2. The van der Waals surface area contributed by atoms with Crippen LogP contribution < -0.4 is 9.86 Å². The summed E-state index contributed by atoms with van der Waals surface area (Å²) in [7, 11) is -7.59. The molecule has 1 aromatic carbocycles. The number of nitrogens with one attached hydrogen (secondary N) is 1. The molecular formula is C17H28ClN5O4S2. The van der Waals surface area contributed by atoms with Crippen molar-refractivity contribution < 1.29 is 16.8 Å². The van der Waals surface area contributed by atoms with Gasteiger partial charge in [0.25, 0.3) is 10.0 Å². The van der Waals surface area contributed by atoms with Crippen LogP contribution in [0.2, 0.25) is 5.02 Å². The van der Waals surface area contributed by atoms with Gasteiger partial charge < -0.3 is 0 Å². The van der Waals surface area contributed by atoms with E-state index in [1.807, 2.05) is 13.8 Å². The first-order chi connectivity index (χ1) is 13.6. The topological polar surface area (TPSA) is 134 Å². The van der Waals surface area contributed by atoms with E-state index in [2.05, 4.69) is 21.5 Å². The highest BCUT2D eigenvalue weighted by Gasteiger charge is 2.33. The third-order valence-corrected chi connectivity index (χ3v) is 7.14. The molecule has 0 bridgehead atoms. The van der Waals surface area contributed by atoms with Crippen molar-refractivity contribution in [3.05, 3.63) is 29.3 Å². The second kappa shape index (κ2) is 10.9. The molecule has 164 valence electrons. The number of primary sulfonamides is 1. The van der Waals surface area contributed by atoms with Crippen LogP contribution in [0.3, 0.4) is 0 Å². The minimum Gasteiger partial charge on any atom is -0.248 e. The Morgan fingerprint density at radius 3 is 2.28 bits per heavy atom. The highest BCUT2D eigenvalue weighted by Crippen LogP contribution is 2.26. The van der Waals surface area contributed by atoms with Crippen LogP contribution in [-0.2, 0) is 20.0 Å². The second-order valence-corrected chi connectivity index (χ2v) is 10.0. The zero-order valence-corrected chi connectivity index (χ0v) is 19.1. The van der Waals surface area contributed by atoms with Gasteiger partial charge in [0.05, 0.1) is 16.2 Å². The summed E-state index contributed by atoms with van der Waals surface area (Å²) in [5.74, 6) is -0.0254. The van der Waals surface area contributed by atoms with Crippen LogP contribution in [0.4, 0.5) is 0 Å². The Kier molecular flexibility index (Phi) is 9.53. The summed E-state index contributed by atoms with van der Waals surface area (Å²) in [5.41, 5.74) is 0. The predicted octanol–water partition coefficient (Wildman–Crippen LogP) is 2.15. The lowest BCUT2D eigenvalue weighted by Crippen LogP contribution is -2.42. The predicted molar refractivity (Wildman–Crippen MR) is 117 cm³/mol. The standard InChI is InChI=1S/C15H22ClN5O4S2.C2H6/c1-3-21(18-2)15(19-12-6-9-14(10-12)26(17,22)23)20-27(24,25)13-7-4-11(16)5-8-13;1-2/h4-5,7-8,12,14H,2-3,6,9-10H2,1H3,(H,19,20)(H2,17,22,23);1-2H3. The molecule has 2 atom stereocenters. The quantitative estimate of drug-likeness (QED) is 0.377. The molecule has 0 aliphatic heterocycles. The zero-order valence-electron chi connectivity index (χ0n) is 16.7. The summed E-state index contributed by atoms with van der Waals surface area (Å²) in [4.78, 5) is 4.39. The first-order valence-corrected chi connectivity index (χ1v) is 12.7. The number of hydrogen-bond acceptors (Lipinski definition) is 6. The van der Waals surface area contributed by atoms with E-state index in [0.29, 0.717) is 24.4 Å². The molecule has 2 rings (SSSR count). The number of guanidine groups is 1.